The van der Waals surface area contributed by atoms with Crippen LogP contribution in [0.15, 0.2) is 24.4 Å². The second-order valence-electron chi connectivity index (χ2n) is 7.30. The number of piperazine rings is 1. The van der Waals surface area contributed by atoms with Crippen molar-refractivity contribution in [2.45, 2.75) is 26.4 Å². The number of ether oxygens (including phenoxy) is 2. The van der Waals surface area contributed by atoms with Crippen molar-refractivity contribution in [3.05, 3.63) is 34.8 Å². The third-order valence-electron chi connectivity index (χ3n) is 5.48. The fourth-order valence-corrected chi connectivity index (χ4v) is 4.56. The molecule has 150 valence electrons. The van der Waals surface area contributed by atoms with Gasteiger partial charge in [-0.1, -0.05) is 6.07 Å². The Kier molecular flexibility index (Phi) is 5.41. The van der Waals surface area contributed by atoms with E-state index in [1.165, 1.54) is 5.56 Å². The van der Waals surface area contributed by atoms with Crippen molar-refractivity contribution in [1.82, 2.24) is 14.8 Å². The molecule has 2 aliphatic heterocycles. The highest BCUT2D eigenvalue weighted by molar-refractivity contribution is 7.15. The molecule has 1 fully saturated rings. The van der Waals surface area contributed by atoms with Crippen LogP contribution >= 0.6 is 11.3 Å². The fourth-order valence-electron chi connectivity index (χ4n) is 3.55. The number of benzene rings is 1. The largest absolute Gasteiger partial charge is 0.454 e. The van der Waals surface area contributed by atoms with Crippen molar-refractivity contribution in [3.8, 4) is 11.5 Å². The van der Waals surface area contributed by atoms with Crippen molar-refractivity contribution in [2.24, 2.45) is 0 Å². The average molecular weight is 403 g/mol. The molecule has 3 heterocycles. The van der Waals surface area contributed by atoms with E-state index < -0.39 is 0 Å². The number of anilines is 1. The van der Waals surface area contributed by atoms with Crippen molar-refractivity contribution in [3.63, 3.8) is 0 Å². The maximum atomic E-state index is 11.4. The normalized spacial score (nSPS) is 17.6. The van der Waals surface area contributed by atoms with Gasteiger partial charge in [0.05, 0.1) is 6.54 Å². The molecule has 1 saturated heterocycles. The molecule has 2 aliphatic rings. The monoisotopic (exact) mass is 402 g/mol. The third-order valence-corrected chi connectivity index (χ3v) is 6.53. The highest BCUT2D eigenvalue weighted by Crippen LogP contribution is 2.35. The molecule has 0 spiro atoms. The molecule has 2 aromatic rings. The predicted molar refractivity (Wildman–Crippen MR) is 109 cm³/mol. The van der Waals surface area contributed by atoms with E-state index in [9.17, 15) is 4.79 Å². The highest BCUT2D eigenvalue weighted by atomic mass is 32.1. The lowest BCUT2D eigenvalue weighted by Gasteiger charge is -2.38. The first-order valence-electron chi connectivity index (χ1n) is 9.56. The SMILES string of the molecule is CC(=O)N(C)Cc1cnc(N2CCN(C(C)c3ccc4c(c3)OCO4)CC2)s1. The minimum atomic E-state index is 0.0704. The zero-order valence-electron chi connectivity index (χ0n) is 16.6. The number of carbonyl (C=O) groups excluding carboxylic acids is 1. The minimum Gasteiger partial charge on any atom is -0.454 e. The van der Waals surface area contributed by atoms with E-state index in [2.05, 4.69) is 33.8 Å². The maximum Gasteiger partial charge on any atom is 0.231 e. The van der Waals surface area contributed by atoms with E-state index in [4.69, 9.17) is 9.47 Å². The maximum absolute atomic E-state index is 11.4. The molecule has 4 rings (SSSR count). The van der Waals surface area contributed by atoms with Gasteiger partial charge in [-0.2, -0.15) is 0 Å². The van der Waals surface area contributed by atoms with Crippen LogP contribution in [0.5, 0.6) is 11.5 Å². The van der Waals surface area contributed by atoms with Crippen LogP contribution in [0.2, 0.25) is 0 Å². The summed E-state index contributed by atoms with van der Waals surface area (Å²) in [5.74, 6) is 1.74. The molecule has 1 unspecified atom stereocenters. The summed E-state index contributed by atoms with van der Waals surface area (Å²) in [5.41, 5.74) is 1.25. The van der Waals surface area contributed by atoms with E-state index >= 15 is 0 Å². The zero-order valence-corrected chi connectivity index (χ0v) is 17.4. The van der Waals surface area contributed by atoms with Crippen molar-refractivity contribution in [2.75, 3.05) is 44.9 Å². The lowest BCUT2D eigenvalue weighted by atomic mass is 10.1. The van der Waals surface area contributed by atoms with Gasteiger partial charge in [-0.3, -0.25) is 9.69 Å². The van der Waals surface area contributed by atoms with E-state index in [1.807, 2.05) is 19.3 Å². The van der Waals surface area contributed by atoms with Gasteiger partial charge in [-0.05, 0) is 24.6 Å². The number of carbonyl (C=O) groups is 1. The van der Waals surface area contributed by atoms with Crippen molar-refractivity contribution < 1.29 is 14.3 Å². The highest BCUT2D eigenvalue weighted by Gasteiger charge is 2.25. The summed E-state index contributed by atoms with van der Waals surface area (Å²) in [6.45, 7) is 8.62. The van der Waals surface area contributed by atoms with Crippen LogP contribution in [-0.2, 0) is 11.3 Å². The first kappa shape index (κ1) is 19.0. The molecule has 0 saturated carbocycles. The molecule has 0 N–H and O–H groups in total. The first-order chi connectivity index (χ1) is 13.5. The molecule has 7 nitrogen and oxygen atoms in total. The van der Waals surface area contributed by atoms with Gasteiger partial charge in [0.25, 0.3) is 0 Å². The summed E-state index contributed by atoms with van der Waals surface area (Å²) in [7, 11) is 1.82. The van der Waals surface area contributed by atoms with Crippen molar-refractivity contribution >= 4 is 22.4 Å². The Bertz CT molecular complexity index is 848. The number of hydrogen-bond donors (Lipinski definition) is 0. The number of amides is 1. The summed E-state index contributed by atoms with van der Waals surface area (Å²) in [4.78, 5) is 23.6. The van der Waals surface area contributed by atoms with Gasteiger partial charge in [0.1, 0.15) is 0 Å². The summed E-state index contributed by atoms with van der Waals surface area (Å²) in [6.07, 6.45) is 1.89. The topological polar surface area (TPSA) is 58.1 Å². The number of hydrogen-bond acceptors (Lipinski definition) is 7. The summed E-state index contributed by atoms with van der Waals surface area (Å²) < 4.78 is 10.9. The Morgan fingerprint density at radius 2 is 2.00 bits per heavy atom. The molecule has 0 bridgehead atoms. The smallest absolute Gasteiger partial charge is 0.231 e. The molecular formula is C20H26N4O3S. The molecule has 1 atom stereocenters. The van der Waals surface area contributed by atoms with Gasteiger partial charge in [0, 0.05) is 57.3 Å². The van der Waals surface area contributed by atoms with Crippen LogP contribution in [0.4, 0.5) is 5.13 Å². The summed E-state index contributed by atoms with van der Waals surface area (Å²) in [5, 5.41) is 1.04. The molecule has 8 heteroatoms. The standard InChI is InChI=1S/C20H26N4O3S/c1-14(16-4-5-18-19(10-16)27-13-26-18)23-6-8-24(9-7-23)20-21-11-17(28-20)12-22(3)15(2)25/h4-5,10-11,14H,6-9,12-13H2,1-3H3. The van der Waals surface area contributed by atoms with Crippen LogP contribution in [0.3, 0.4) is 0 Å². The quantitative estimate of drug-likeness (QED) is 0.767. The van der Waals surface area contributed by atoms with Crippen LogP contribution in [0, 0.1) is 0 Å². The van der Waals surface area contributed by atoms with Gasteiger partial charge in [-0.25, -0.2) is 4.98 Å². The van der Waals surface area contributed by atoms with Gasteiger partial charge >= 0.3 is 0 Å². The minimum absolute atomic E-state index is 0.0704. The van der Waals surface area contributed by atoms with E-state index in [-0.39, 0.29) is 5.91 Å². The van der Waals surface area contributed by atoms with Gasteiger partial charge in [0.15, 0.2) is 16.6 Å². The number of aromatic nitrogens is 1. The number of nitrogens with zero attached hydrogens (tertiary/aromatic N) is 4. The Morgan fingerprint density at radius 3 is 2.75 bits per heavy atom. The predicted octanol–water partition coefficient (Wildman–Crippen LogP) is 2.73. The molecule has 1 aromatic heterocycles. The Morgan fingerprint density at radius 1 is 1.25 bits per heavy atom. The second kappa shape index (κ2) is 7.97. The van der Waals surface area contributed by atoms with Crippen LogP contribution in [-0.4, -0.2) is 60.7 Å². The van der Waals surface area contributed by atoms with E-state index in [1.54, 1.807) is 23.2 Å². The summed E-state index contributed by atoms with van der Waals surface area (Å²) in [6, 6.07) is 6.55. The molecule has 0 aliphatic carbocycles. The molecule has 28 heavy (non-hydrogen) atoms. The zero-order chi connectivity index (χ0) is 19.7. The Hall–Kier alpha value is -2.32. The summed E-state index contributed by atoms with van der Waals surface area (Å²) >= 11 is 1.68. The van der Waals surface area contributed by atoms with Gasteiger partial charge in [0.2, 0.25) is 12.7 Å². The molecular weight excluding hydrogens is 376 g/mol. The van der Waals surface area contributed by atoms with Crippen molar-refractivity contribution in [1.29, 1.82) is 0 Å². The van der Waals surface area contributed by atoms with E-state index in [0.29, 0.717) is 19.4 Å². The van der Waals surface area contributed by atoms with Gasteiger partial charge in [-0.15, -0.1) is 11.3 Å². The lowest BCUT2D eigenvalue weighted by Crippen LogP contribution is -2.47. The van der Waals surface area contributed by atoms with Crippen LogP contribution in [0.25, 0.3) is 0 Å². The third kappa shape index (κ3) is 3.93. The van der Waals surface area contributed by atoms with Gasteiger partial charge < -0.3 is 19.3 Å². The Labute approximate surface area is 169 Å². The molecule has 1 aromatic carbocycles. The van der Waals surface area contributed by atoms with E-state index in [0.717, 1.165) is 47.7 Å². The molecule has 1 amide bonds. The lowest BCUT2D eigenvalue weighted by molar-refractivity contribution is -0.128. The Balaban J connectivity index is 1.34. The number of fused-ring (bicyclic) bond motifs is 1. The first-order valence-corrected chi connectivity index (χ1v) is 10.4. The number of rotatable bonds is 5. The van der Waals surface area contributed by atoms with Crippen LogP contribution in [0.1, 0.15) is 30.3 Å². The number of thiazole rings is 1. The molecule has 0 radical (unpaired) electrons. The fraction of sp³-hybridized carbons (Fsp3) is 0.500. The van der Waals surface area contributed by atoms with Crippen LogP contribution < -0.4 is 14.4 Å². The average Bonchev–Trinajstić information content (AvgIpc) is 3.36. The second-order valence-corrected chi connectivity index (χ2v) is 8.39.